The minimum absolute atomic E-state index is 0.0490. The monoisotopic (exact) mass is 293 g/mol. The molecule has 6 heteroatoms. The summed E-state index contributed by atoms with van der Waals surface area (Å²) in [7, 11) is 0. The van der Waals surface area contributed by atoms with Gasteiger partial charge in [0.05, 0.1) is 17.1 Å². The van der Waals surface area contributed by atoms with Crippen LogP contribution in [0.1, 0.15) is 39.0 Å². The van der Waals surface area contributed by atoms with E-state index in [-0.39, 0.29) is 22.8 Å². The molecule has 0 unspecified atom stereocenters. The summed E-state index contributed by atoms with van der Waals surface area (Å²) in [5, 5.41) is 27.2. The first-order valence-electron chi connectivity index (χ1n) is 7.51. The summed E-state index contributed by atoms with van der Waals surface area (Å²) in [5.74, 6) is 0. The fourth-order valence-corrected chi connectivity index (χ4v) is 2.84. The van der Waals surface area contributed by atoms with E-state index in [9.17, 15) is 15.2 Å². The fourth-order valence-electron chi connectivity index (χ4n) is 2.84. The lowest BCUT2D eigenvalue weighted by Gasteiger charge is -2.29. The van der Waals surface area contributed by atoms with E-state index in [2.05, 4.69) is 10.6 Å². The highest BCUT2D eigenvalue weighted by atomic mass is 16.6. The molecule has 1 fully saturated rings. The van der Waals surface area contributed by atoms with Gasteiger partial charge in [-0.2, -0.15) is 0 Å². The van der Waals surface area contributed by atoms with Gasteiger partial charge >= 0.3 is 0 Å². The Balaban J connectivity index is 2.24. The average Bonchev–Trinajstić information content (AvgIpc) is 2.94. The first kappa shape index (κ1) is 15.6. The number of nitro groups is 1. The largest absolute Gasteiger partial charge is 0.394 e. The standard InChI is InChI=1S/C15H23N3O3/c1-2-7-16-12-8-13(10-14(9-12)18(20)21)17-15(11-19)5-3-4-6-15/h8-10,16-17,19H,2-7,11H2,1H3. The molecule has 0 aromatic heterocycles. The molecule has 0 amide bonds. The van der Waals surface area contributed by atoms with E-state index < -0.39 is 0 Å². The van der Waals surface area contributed by atoms with Crippen LogP contribution >= 0.6 is 0 Å². The van der Waals surface area contributed by atoms with Crippen molar-refractivity contribution in [1.82, 2.24) is 0 Å². The maximum atomic E-state index is 11.1. The molecular formula is C15H23N3O3. The minimum atomic E-state index is -0.386. The molecule has 0 bridgehead atoms. The van der Waals surface area contributed by atoms with Gasteiger partial charge < -0.3 is 15.7 Å². The number of non-ortho nitro benzene ring substituents is 1. The molecule has 116 valence electrons. The van der Waals surface area contributed by atoms with Crippen molar-refractivity contribution in [2.45, 2.75) is 44.6 Å². The van der Waals surface area contributed by atoms with Gasteiger partial charge in [-0.1, -0.05) is 19.8 Å². The second-order valence-corrected chi connectivity index (χ2v) is 5.72. The Morgan fingerprint density at radius 3 is 2.52 bits per heavy atom. The Kier molecular flexibility index (Phi) is 5.01. The third-order valence-electron chi connectivity index (χ3n) is 3.98. The molecule has 1 aliphatic carbocycles. The normalized spacial score (nSPS) is 16.7. The van der Waals surface area contributed by atoms with E-state index in [1.54, 1.807) is 6.07 Å². The Morgan fingerprint density at radius 2 is 1.95 bits per heavy atom. The van der Waals surface area contributed by atoms with Gasteiger partial charge in [0.2, 0.25) is 0 Å². The summed E-state index contributed by atoms with van der Waals surface area (Å²) < 4.78 is 0. The fraction of sp³-hybridized carbons (Fsp3) is 0.600. The van der Waals surface area contributed by atoms with Gasteiger partial charge in [0.25, 0.3) is 5.69 Å². The maximum absolute atomic E-state index is 11.1. The predicted octanol–water partition coefficient (Wildman–Crippen LogP) is 3.13. The topological polar surface area (TPSA) is 87.4 Å². The van der Waals surface area contributed by atoms with Crippen molar-refractivity contribution in [3.63, 3.8) is 0 Å². The number of nitrogens with one attached hydrogen (secondary N) is 2. The summed E-state index contributed by atoms with van der Waals surface area (Å²) >= 11 is 0. The third-order valence-corrected chi connectivity index (χ3v) is 3.98. The first-order chi connectivity index (χ1) is 10.1. The van der Waals surface area contributed by atoms with Crippen LogP contribution in [0.2, 0.25) is 0 Å². The van der Waals surface area contributed by atoms with Crippen molar-refractivity contribution in [3.8, 4) is 0 Å². The highest BCUT2D eigenvalue weighted by Gasteiger charge is 2.33. The molecule has 0 spiro atoms. The SMILES string of the molecule is CCCNc1cc(NC2(CO)CCCC2)cc([N+](=O)[O-])c1. The molecule has 0 saturated heterocycles. The zero-order chi connectivity index (χ0) is 15.3. The summed E-state index contributed by atoms with van der Waals surface area (Å²) in [4.78, 5) is 10.7. The number of aliphatic hydroxyl groups excluding tert-OH is 1. The van der Waals surface area contributed by atoms with Crippen LogP contribution in [0.4, 0.5) is 17.1 Å². The molecule has 0 heterocycles. The smallest absolute Gasteiger partial charge is 0.273 e. The predicted molar refractivity (Wildman–Crippen MR) is 83.8 cm³/mol. The van der Waals surface area contributed by atoms with Gasteiger partial charge in [-0.15, -0.1) is 0 Å². The molecule has 1 aliphatic rings. The van der Waals surface area contributed by atoms with Crippen molar-refractivity contribution in [2.24, 2.45) is 0 Å². The van der Waals surface area contributed by atoms with Crippen molar-refractivity contribution in [3.05, 3.63) is 28.3 Å². The maximum Gasteiger partial charge on any atom is 0.273 e. The van der Waals surface area contributed by atoms with Crippen molar-refractivity contribution < 1.29 is 10.0 Å². The number of rotatable bonds is 7. The molecule has 21 heavy (non-hydrogen) atoms. The van der Waals surface area contributed by atoms with E-state index in [4.69, 9.17) is 0 Å². The lowest BCUT2D eigenvalue weighted by molar-refractivity contribution is -0.384. The van der Waals surface area contributed by atoms with Crippen molar-refractivity contribution in [1.29, 1.82) is 0 Å². The average molecular weight is 293 g/mol. The van der Waals surface area contributed by atoms with E-state index in [0.29, 0.717) is 5.69 Å². The van der Waals surface area contributed by atoms with Crippen LogP contribution in [0.3, 0.4) is 0 Å². The number of nitro benzene ring substituents is 1. The van der Waals surface area contributed by atoms with Gasteiger partial charge in [0.1, 0.15) is 0 Å². The zero-order valence-corrected chi connectivity index (χ0v) is 12.4. The molecule has 1 saturated carbocycles. The Labute approximate surface area is 124 Å². The van der Waals surface area contributed by atoms with Crippen LogP contribution in [-0.4, -0.2) is 28.7 Å². The second-order valence-electron chi connectivity index (χ2n) is 5.72. The van der Waals surface area contributed by atoms with E-state index in [1.807, 2.05) is 13.0 Å². The van der Waals surface area contributed by atoms with Crippen LogP contribution in [0.15, 0.2) is 18.2 Å². The molecule has 0 atom stereocenters. The molecule has 0 aliphatic heterocycles. The Bertz CT molecular complexity index is 499. The Morgan fingerprint density at radius 1 is 1.29 bits per heavy atom. The lowest BCUT2D eigenvalue weighted by atomic mass is 9.98. The molecule has 3 N–H and O–H groups in total. The van der Waals surface area contributed by atoms with Gasteiger partial charge in [-0.25, -0.2) is 0 Å². The van der Waals surface area contributed by atoms with Crippen LogP contribution in [-0.2, 0) is 0 Å². The van der Waals surface area contributed by atoms with Crippen LogP contribution < -0.4 is 10.6 Å². The molecule has 0 radical (unpaired) electrons. The number of hydrogen-bond acceptors (Lipinski definition) is 5. The number of nitrogens with zero attached hydrogens (tertiary/aromatic N) is 1. The van der Waals surface area contributed by atoms with E-state index in [1.165, 1.54) is 6.07 Å². The molecule has 1 aromatic carbocycles. The van der Waals surface area contributed by atoms with Crippen molar-refractivity contribution >= 4 is 17.1 Å². The van der Waals surface area contributed by atoms with Gasteiger partial charge in [0, 0.05) is 30.1 Å². The van der Waals surface area contributed by atoms with Crippen LogP contribution in [0.5, 0.6) is 0 Å². The van der Waals surface area contributed by atoms with E-state index in [0.717, 1.165) is 44.3 Å². The number of benzene rings is 1. The highest BCUT2D eigenvalue weighted by Crippen LogP contribution is 2.34. The first-order valence-corrected chi connectivity index (χ1v) is 7.51. The highest BCUT2D eigenvalue weighted by molar-refractivity contribution is 5.64. The zero-order valence-electron chi connectivity index (χ0n) is 12.4. The lowest BCUT2D eigenvalue weighted by Crippen LogP contribution is -2.39. The third kappa shape index (κ3) is 3.85. The number of hydrogen-bond donors (Lipinski definition) is 3. The summed E-state index contributed by atoms with van der Waals surface area (Å²) in [6.07, 6.45) is 4.88. The van der Waals surface area contributed by atoms with Gasteiger partial charge in [-0.05, 0) is 25.3 Å². The molecule has 2 rings (SSSR count). The minimum Gasteiger partial charge on any atom is -0.394 e. The molecular weight excluding hydrogens is 270 g/mol. The van der Waals surface area contributed by atoms with E-state index >= 15 is 0 Å². The quantitative estimate of drug-likeness (QED) is 0.531. The Hall–Kier alpha value is -1.82. The second kappa shape index (κ2) is 6.76. The summed E-state index contributed by atoms with van der Waals surface area (Å²) in [5.41, 5.74) is 1.15. The van der Waals surface area contributed by atoms with Crippen LogP contribution in [0.25, 0.3) is 0 Å². The number of anilines is 2. The van der Waals surface area contributed by atoms with Crippen LogP contribution in [0, 0.1) is 10.1 Å². The van der Waals surface area contributed by atoms with Gasteiger partial charge in [-0.3, -0.25) is 10.1 Å². The molecule has 6 nitrogen and oxygen atoms in total. The van der Waals surface area contributed by atoms with Crippen molar-refractivity contribution in [2.75, 3.05) is 23.8 Å². The number of aliphatic hydroxyl groups is 1. The molecule has 1 aromatic rings. The van der Waals surface area contributed by atoms with Gasteiger partial charge in [0.15, 0.2) is 0 Å². The summed E-state index contributed by atoms with van der Waals surface area (Å²) in [6, 6.07) is 4.95. The summed E-state index contributed by atoms with van der Waals surface area (Å²) in [6.45, 7) is 2.86.